The summed E-state index contributed by atoms with van der Waals surface area (Å²) in [7, 11) is -4.97. The SMILES string of the molecule is [N-]=[N+]=NS(=O)(=O)F.[NaH]. The molecule has 0 rings (SSSR count). The maximum absolute atomic E-state index is 10.9. The van der Waals surface area contributed by atoms with Crippen LogP contribution in [0.15, 0.2) is 4.52 Å². The molecule has 0 amide bonds. The van der Waals surface area contributed by atoms with Crippen LogP contribution < -0.4 is 0 Å². The van der Waals surface area contributed by atoms with E-state index in [0.29, 0.717) is 0 Å². The van der Waals surface area contributed by atoms with Crippen LogP contribution in [0, 0.1) is 0 Å². The minimum absolute atomic E-state index is 0. The Morgan fingerprint density at radius 3 is 2.00 bits per heavy atom. The van der Waals surface area contributed by atoms with E-state index in [4.69, 9.17) is 13.9 Å². The van der Waals surface area contributed by atoms with Crippen molar-refractivity contribution in [3.05, 3.63) is 10.4 Å². The van der Waals surface area contributed by atoms with Crippen LogP contribution in [-0.2, 0) is 10.4 Å². The number of halogens is 1. The van der Waals surface area contributed by atoms with E-state index in [0.717, 1.165) is 0 Å². The first-order chi connectivity index (χ1) is 3.06. The van der Waals surface area contributed by atoms with Gasteiger partial charge in [-0.15, -0.1) is 0 Å². The molecule has 0 spiro atoms. The second-order valence-electron chi connectivity index (χ2n) is 0.583. The minimum atomic E-state index is -4.97. The Labute approximate surface area is 67.1 Å². The predicted molar refractivity (Wildman–Crippen MR) is 26.3 cm³/mol. The topological polar surface area (TPSA) is 82.9 Å². The zero-order valence-electron chi connectivity index (χ0n) is 2.94. The van der Waals surface area contributed by atoms with Gasteiger partial charge in [0, 0.05) is 4.91 Å². The molecule has 42 valence electrons. The Bertz CT molecular complexity index is 189. The van der Waals surface area contributed by atoms with Crippen molar-refractivity contribution in [2.45, 2.75) is 0 Å². The summed E-state index contributed by atoms with van der Waals surface area (Å²) >= 11 is 0. The molecule has 0 radical (unpaired) electrons. The van der Waals surface area contributed by atoms with Crippen molar-refractivity contribution >= 4 is 40.0 Å². The number of azide groups is 1. The van der Waals surface area contributed by atoms with Gasteiger partial charge < -0.3 is 0 Å². The monoisotopic (exact) mass is 149 g/mol. The summed E-state index contributed by atoms with van der Waals surface area (Å²) in [6.45, 7) is 0. The third-order valence-corrected chi connectivity index (χ3v) is 0.402. The third-order valence-electron chi connectivity index (χ3n) is 0.134. The van der Waals surface area contributed by atoms with Gasteiger partial charge in [0.2, 0.25) is 0 Å². The van der Waals surface area contributed by atoms with Crippen molar-refractivity contribution in [1.82, 2.24) is 0 Å². The molecule has 0 aliphatic rings. The van der Waals surface area contributed by atoms with Gasteiger partial charge in [-0.3, -0.25) is 0 Å². The van der Waals surface area contributed by atoms with Crippen molar-refractivity contribution in [2.75, 3.05) is 0 Å². The molecule has 0 fully saturated rings. The van der Waals surface area contributed by atoms with Gasteiger partial charge in [-0.05, 0) is 5.53 Å². The molecule has 0 saturated heterocycles. The summed E-state index contributed by atoms with van der Waals surface area (Å²) in [5, 5.41) is 0. The molecule has 0 aromatic carbocycles. The molecule has 0 aliphatic heterocycles. The summed E-state index contributed by atoms with van der Waals surface area (Å²) in [4.78, 5) is 1.67. The molecular weight excluding hydrogens is 148 g/mol. The molecule has 0 unspecified atom stereocenters. The molecular formula is HFN3NaO2S. The molecule has 0 N–H and O–H groups in total. The van der Waals surface area contributed by atoms with Crippen LogP contribution in [-0.4, -0.2) is 38.0 Å². The molecule has 0 bridgehead atoms. The van der Waals surface area contributed by atoms with Gasteiger partial charge in [0.25, 0.3) is 0 Å². The summed E-state index contributed by atoms with van der Waals surface area (Å²) in [6, 6.07) is 0. The summed E-state index contributed by atoms with van der Waals surface area (Å²) < 4.78 is 31.0. The number of rotatable bonds is 1. The first kappa shape index (κ1) is 11.0. The van der Waals surface area contributed by atoms with Crippen LogP contribution in [0.4, 0.5) is 3.89 Å². The first-order valence-electron chi connectivity index (χ1n) is 1.07. The molecule has 0 atom stereocenters. The van der Waals surface area contributed by atoms with Crippen molar-refractivity contribution < 1.29 is 12.3 Å². The van der Waals surface area contributed by atoms with Crippen molar-refractivity contribution in [3.8, 4) is 0 Å². The van der Waals surface area contributed by atoms with Crippen LogP contribution in [0.1, 0.15) is 0 Å². The summed E-state index contributed by atoms with van der Waals surface area (Å²) in [5.74, 6) is 0. The number of hydrogen-bond donors (Lipinski definition) is 0. The standard InChI is InChI=1S/FN3O2S.Na.H/c1-7(5,6)4-3-2;;. The molecule has 8 heteroatoms. The summed E-state index contributed by atoms with van der Waals surface area (Å²) in [6.07, 6.45) is 0. The average Bonchev–Trinajstić information content (AvgIpc) is 1.30. The fourth-order valence-corrected chi connectivity index (χ4v) is 0.131. The second-order valence-corrected chi connectivity index (χ2v) is 1.57. The van der Waals surface area contributed by atoms with Gasteiger partial charge in [0.15, 0.2) is 0 Å². The predicted octanol–water partition coefficient (Wildman–Crippen LogP) is -0.137. The van der Waals surface area contributed by atoms with Crippen LogP contribution in [0.5, 0.6) is 0 Å². The first-order valence-corrected chi connectivity index (χ1v) is 2.41. The number of hydrogen-bond acceptors (Lipinski definition) is 2. The van der Waals surface area contributed by atoms with Crippen LogP contribution in [0.25, 0.3) is 10.4 Å². The molecule has 5 nitrogen and oxygen atoms in total. The van der Waals surface area contributed by atoms with Crippen LogP contribution in [0.2, 0.25) is 0 Å². The molecule has 0 aromatic heterocycles. The fourth-order valence-electron chi connectivity index (χ4n) is 0.0436. The van der Waals surface area contributed by atoms with Crippen molar-refractivity contribution in [3.63, 3.8) is 0 Å². The van der Waals surface area contributed by atoms with E-state index in [-0.39, 0.29) is 29.6 Å². The van der Waals surface area contributed by atoms with Crippen LogP contribution in [0.3, 0.4) is 0 Å². The molecule has 0 aliphatic carbocycles. The second kappa shape index (κ2) is 4.11. The van der Waals surface area contributed by atoms with E-state index in [9.17, 15) is 3.89 Å². The van der Waals surface area contributed by atoms with Crippen molar-refractivity contribution in [1.29, 1.82) is 0 Å². The van der Waals surface area contributed by atoms with Crippen LogP contribution >= 0.6 is 0 Å². The molecule has 0 saturated carbocycles. The normalized spacial score (nSPS) is 8.62. The van der Waals surface area contributed by atoms with E-state index >= 15 is 0 Å². The van der Waals surface area contributed by atoms with Gasteiger partial charge in [-0.2, -0.15) is 8.42 Å². The van der Waals surface area contributed by atoms with E-state index in [1.807, 2.05) is 0 Å². The van der Waals surface area contributed by atoms with E-state index in [1.165, 1.54) is 0 Å². The van der Waals surface area contributed by atoms with Gasteiger partial charge in [0.05, 0.1) is 4.52 Å². The van der Waals surface area contributed by atoms with E-state index < -0.39 is 10.4 Å². The maximum atomic E-state index is 10.9. The third kappa shape index (κ3) is 9.50. The molecule has 8 heavy (non-hydrogen) atoms. The van der Waals surface area contributed by atoms with E-state index in [2.05, 4.69) is 0 Å². The number of nitrogens with zero attached hydrogens (tertiary/aromatic N) is 3. The Morgan fingerprint density at radius 2 is 2.00 bits per heavy atom. The Kier molecular flexibility index (Phi) is 5.67. The average molecular weight is 149 g/mol. The van der Waals surface area contributed by atoms with E-state index in [1.54, 1.807) is 9.43 Å². The molecule has 0 heterocycles. The summed E-state index contributed by atoms with van der Waals surface area (Å²) in [5.41, 5.74) is 7.24. The van der Waals surface area contributed by atoms with Gasteiger partial charge in [-0.1, -0.05) is 3.89 Å². The Hall–Kier alpha value is 0.190. The van der Waals surface area contributed by atoms with Crippen molar-refractivity contribution in [2.24, 2.45) is 4.52 Å². The van der Waals surface area contributed by atoms with Gasteiger partial charge in [0.1, 0.15) is 0 Å². The van der Waals surface area contributed by atoms with Gasteiger partial charge >= 0.3 is 40.0 Å². The molecule has 0 aromatic rings. The zero-order valence-corrected chi connectivity index (χ0v) is 3.76. The fraction of sp³-hybridized carbons (Fsp3) is 0. The quantitative estimate of drug-likeness (QED) is 0.171. The zero-order chi connectivity index (χ0) is 5.91. The Balaban J connectivity index is 0. The van der Waals surface area contributed by atoms with Gasteiger partial charge in [-0.25, -0.2) is 0 Å². The Morgan fingerprint density at radius 1 is 1.62 bits per heavy atom.